The summed E-state index contributed by atoms with van der Waals surface area (Å²) < 4.78 is 25.1. The van der Waals surface area contributed by atoms with Crippen molar-refractivity contribution in [3.8, 4) is 0 Å². The maximum absolute atomic E-state index is 11.4. The molecule has 0 aromatic heterocycles. The third-order valence-corrected chi connectivity index (χ3v) is 3.95. The van der Waals surface area contributed by atoms with Crippen LogP contribution in [0.15, 0.2) is 28.7 Å². The van der Waals surface area contributed by atoms with Crippen molar-refractivity contribution < 1.29 is 8.42 Å². The van der Waals surface area contributed by atoms with E-state index in [-0.39, 0.29) is 0 Å². The van der Waals surface area contributed by atoms with E-state index in [1.54, 1.807) is 0 Å². The van der Waals surface area contributed by atoms with Crippen molar-refractivity contribution in [2.24, 2.45) is 5.14 Å². The predicted octanol–water partition coefficient (Wildman–Crippen LogP) is 2.25. The molecule has 0 amide bonds. The monoisotopic (exact) mass is 320 g/mol. The molecule has 1 aromatic rings. The molecular weight excluding hydrogens is 304 g/mol. The fourth-order valence-electron chi connectivity index (χ4n) is 1.42. The zero-order chi connectivity index (χ0) is 12.9. The van der Waals surface area contributed by atoms with Crippen LogP contribution in [0.4, 0.5) is 0 Å². The number of hydrogen-bond acceptors (Lipinski definition) is 2. The lowest BCUT2D eigenvalue weighted by molar-refractivity contribution is 0.398. The Hall–Kier alpha value is -0.430. The Labute approximate surface area is 111 Å². The maximum Gasteiger partial charge on any atom is 0.277 e. The highest BCUT2D eigenvalue weighted by molar-refractivity contribution is 9.10. The molecule has 0 unspecified atom stereocenters. The van der Waals surface area contributed by atoms with Gasteiger partial charge in [-0.2, -0.15) is 12.7 Å². The molecule has 0 radical (unpaired) electrons. The summed E-state index contributed by atoms with van der Waals surface area (Å²) in [5, 5.41) is 5.19. The third kappa shape index (κ3) is 5.16. The van der Waals surface area contributed by atoms with E-state index in [1.165, 1.54) is 4.31 Å². The minimum Gasteiger partial charge on any atom is -0.216 e. The van der Waals surface area contributed by atoms with Gasteiger partial charge in [0.25, 0.3) is 10.2 Å². The average Bonchev–Trinajstić information content (AvgIpc) is 2.25. The van der Waals surface area contributed by atoms with E-state index in [2.05, 4.69) is 15.9 Å². The van der Waals surface area contributed by atoms with Crippen LogP contribution in [0.5, 0.6) is 0 Å². The summed E-state index contributed by atoms with van der Waals surface area (Å²) in [6, 6.07) is 7.54. The number of halogens is 1. The highest BCUT2D eigenvalue weighted by atomic mass is 79.9. The SMILES string of the molecule is CCCCN(Cc1ccc(Br)cc1)S(N)(=O)=O. The number of nitrogens with zero attached hydrogens (tertiary/aromatic N) is 1. The second-order valence-electron chi connectivity index (χ2n) is 3.86. The molecule has 0 atom stereocenters. The molecule has 6 heteroatoms. The summed E-state index contributed by atoms with van der Waals surface area (Å²) in [6.45, 7) is 2.80. The van der Waals surface area contributed by atoms with Crippen LogP contribution in [0, 0.1) is 0 Å². The lowest BCUT2D eigenvalue weighted by Gasteiger charge is -2.19. The Balaban J connectivity index is 2.76. The predicted molar refractivity (Wildman–Crippen MR) is 72.6 cm³/mol. The first-order valence-corrected chi connectivity index (χ1v) is 7.75. The quantitative estimate of drug-likeness (QED) is 0.873. The van der Waals surface area contributed by atoms with Crippen molar-refractivity contribution in [2.75, 3.05) is 6.54 Å². The fraction of sp³-hybridized carbons (Fsp3) is 0.455. The van der Waals surface area contributed by atoms with Crippen molar-refractivity contribution in [1.29, 1.82) is 0 Å². The van der Waals surface area contributed by atoms with Gasteiger partial charge in [0.15, 0.2) is 0 Å². The van der Waals surface area contributed by atoms with Crippen LogP contribution in [0.3, 0.4) is 0 Å². The van der Waals surface area contributed by atoms with Gasteiger partial charge < -0.3 is 0 Å². The largest absolute Gasteiger partial charge is 0.277 e. The molecule has 96 valence electrons. The third-order valence-electron chi connectivity index (χ3n) is 2.39. The number of benzene rings is 1. The molecule has 0 fully saturated rings. The minimum atomic E-state index is -3.62. The Morgan fingerprint density at radius 1 is 1.29 bits per heavy atom. The van der Waals surface area contributed by atoms with Crippen molar-refractivity contribution in [3.05, 3.63) is 34.3 Å². The first-order valence-electron chi connectivity index (χ1n) is 5.46. The van der Waals surface area contributed by atoms with Crippen LogP contribution in [-0.4, -0.2) is 19.3 Å². The van der Waals surface area contributed by atoms with Crippen LogP contribution >= 0.6 is 15.9 Å². The number of nitrogens with two attached hydrogens (primary N) is 1. The molecule has 0 aliphatic rings. The summed E-state index contributed by atoms with van der Waals surface area (Å²) in [4.78, 5) is 0. The standard InChI is InChI=1S/C11H17BrN2O2S/c1-2-3-8-14(17(13,15)16)9-10-4-6-11(12)7-5-10/h4-7H,2-3,8-9H2,1H3,(H2,13,15,16). The number of unbranched alkanes of at least 4 members (excludes halogenated alkanes) is 1. The van der Waals surface area contributed by atoms with E-state index in [9.17, 15) is 8.42 Å². The molecule has 0 aliphatic carbocycles. The molecule has 0 bridgehead atoms. The fourth-order valence-corrected chi connectivity index (χ4v) is 2.40. The van der Waals surface area contributed by atoms with Gasteiger partial charge in [0.1, 0.15) is 0 Å². The topological polar surface area (TPSA) is 63.4 Å². The van der Waals surface area contributed by atoms with Gasteiger partial charge in [0, 0.05) is 17.6 Å². The van der Waals surface area contributed by atoms with E-state index in [1.807, 2.05) is 31.2 Å². The van der Waals surface area contributed by atoms with Crippen LogP contribution in [0.2, 0.25) is 0 Å². The summed E-state index contributed by atoms with van der Waals surface area (Å²) >= 11 is 3.34. The molecule has 0 aliphatic heterocycles. The van der Waals surface area contributed by atoms with E-state index < -0.39 is 10.2 Å². The van der Waals surface area contributed by atoms with Crippen molar-refractivity contribution >= 4 is 26.1 Å². The molecule has 2 N–H and O–H groups in total. The van der Waals surface area contributed by atoms with Gasteiger partial charge in [-0.05, 0) is 24.1 Å². The minimum absolute atomic E-state index is 0.326. The first-order chi connectivity index (χ1) is 7.93. The Bertz CT molecular complexity index is 445. The average molecular weight is 321 g/mol. The summed E-state index contributed by atoms with van der Waals surface area (Å²) in [7, 11) is -3.62. The van der Waals surface area contributed by atoms with E-state index >= 15 is 0 Å². The van der Waals surface area contributed by atoms with Gasteiger partial charge in [-0.1, -0.05) is 41.4 Å². The van der Waals surface area contributed by atoms with Gasteiger partial charge in [0.2, 0.25) is 0 Å². The van der Waals surface area contributed by atoms with Crippen LogP contribution in [0.1, 0.15) is 25.3 Å². The molecule has 4 nitrogen and oxygen atoms in total. The molecule has 0 saturated carbocycles. The number of rotatable bonds is 6. The van der Waals surface area contributed by atoms with Gasteiger partial charge >= 0.3 is 0 Å². The molecule has 0 heterocycles. The normalized spacial score (nSPS) is 12.0. The van der Waals surface area contributed by atoms with Gasteiger partial charge in [0.05, 0.1) is 0 Å². The molecule has 1 rings (SSSR count). The zero-order valence-corrected chi connectivity index (χ0v) is 12.2. The van der Waals surface area contributed by atoms with Crippen molar-refractivity contribution in [1.82, 2.24) is 4.31 Å². The lowest BCUT2D eigenvalue weighted by Crippen LogP contribution is -2.36. The van der Waals surface area contributed by atoms with E-state index in [4.69, 9.17) is 5.14 Å². The Kier molecular flexibility index (Phi) is 5.58. The lowest BCUT2D eigenvalue weighted by atomic mass is 10.2. The number of hydrogen-bond donors (Lipinski definition) is 1. The van der Waals surface area contributed by atoms with Crippen LogP contribution in [-0.2, 0) is 16.8 Å². The van der Waals surface area contributed by atoms with Crippen molar-refractivity contribution in [2.45, 2.75) is 26.3 Å². The Morgan fingerprint density at radius 2 is 1.88 bits per heavy atom. The maximum atomic E-state index is 11.4. The zero-order valence-electron chi connectivity index (χ0n) is 9.77. The highest BCUT2D eigenvalue weighted by Crippen LogP contribution is 2.13. The summed E-state index contributed by atoms with van der Waals surface area (Å²) in [5.41, 5.74) is 0.929. The van der Waals surface area contributed by atoms with Crippen molar-refractivity contribution in [3.63, 3.8) is 0 Å². The van der Waals surface area contributed by atoms with E-state index in [0.717, 1.165) is 22.9 Å². The molecule has 0 saturated heterocycles. The van der Waals surface area contributed by atoms with Gasteiger partial charge in [-0.3, -0.25) is 0 Å². The second-order valence-corrected chi connectivity index (χ2v) is 6.32. The molecule has 0 spiro atoms. The summed E-state index contributed by atoms with van der Waals surface area (Å²) in [5.74, 6) is 0. The molecule has 17 heavy (non-hydrogen) atoms. The van der Waals surface area contributed by atoms with Gasteiger partial charge in [-0.25, -0.2) is 5.14 Å². The van der Waals surface area contributed by atoms with Crippen LogP contribution in [0.25, 0.3) is 0 Å². The van der Waals surface area contributed by atoms with Gasteiger partial charge in [-0.15, -0.1) is 0 Å². The molecular formula is C11H17BrN2O2S. The first kappa shape index (κ1) is 14.6. The second kappa shape index (κ2) is 6.49. The summed E-state index contributed by atoms with van der Waals surface area (Å²) in [6.07, 6.45) is 1.75. The Morgan fingerprint density at radius 3 is 2.35 bits per heavy atom. The molecule has 1 aromatic carbocycles. The van der Waals surface area contributed by atoms with E-state index in [0.29, 0.717) is 13.1 Å². The highest BCUT2D eigenvalue weighted by Gasteiger charge is 2.16. The smallest absolute Gasteiger partial charge is 0.216 e. The van der Waals surface area contributed by atoms with Crippen LogP contribution < -0.4 is 5.14 Å².